The Morgan fingerprint density at radius 3 is 2.09 bits per heavy atom. The summed E-state index contributed by atoms with van der Waals surface area (Å²) in [6.07, 6.45) is 0. The molecule has 120 valence electrons. The number of nitrogen functional groups attached to an aromatic ring is 2. The molecular formula is C16H17Cl2N5. The highest BCUT2D eigenvalue weighted by Gasteiger charge is 2.18. The van der Waals surface area contributed by atoms with Gasteiger partial charge in [0.15, 0.2) is 0 Å². The van der Waals surface area contributed by atoms with Gasteiger partial charge in [0.25, 0.3) is 0 Å². The highest BCUT2D eigenvalue weighted by Crippen LogP contribution is 2.31. The molecule has 0 unspecified atom stereocenters. The molecule has 0 aliphatic heterocycles. The maximum absolute atomic E-state index is 7.87. The number of amidine groups is 2. The van der Waals surface area contributed by atoms with Gasteiger partial charge in [-0.1, -0.05) is 42.5 Å². The van der Waals surface area contributed by atoms with Crippen LogP contribution in [-0.2, 0) is 0 Å². The van der Waals surface area contributed by atoms with Gasteiger partial charge in [0.2, 0.25) is 0 Å². The lowest BCUT2D eigenvalue weighted by molar-refractivity contribution is 1.38. The molecule has 5 nitrogen and oxygen atoms in total. The molecule has 0 aliphatic carbocycles. The Labute approximate surface area is 145 Å². The second-order valence-corrected chi connectivity index (χ2v) is 4.79. The zero-order valence-electron chi connectivity index (χ0n) is 12.1. The minimum absolute atomic E-state index is 0. The van der Waals surface area contributed by atoms with Crippen molar-refractivity contribution in [3.63, 3.8) is 0 Å². The Morgan fingerprint density at radius 1 is 0.826 bits per heavy atom. The van der Waals surface area contributed by atoms with Crippen molar-refractivity contribution < 1.29 is 0 Å². The number of hydrogen-bond acceptors (Lipinski definition) is 2. The van der Waals surface area contributed by atoms with Crippen molar-refractivity contribution in [2.45, 2.75) is 0 Å². The van der Waals surface area contributed by atoms with Crippen LogP contribution >= 0.6 is 24.8 Å². The second kappa shape index (κ2) is 7.17. The van der Waals surface area contributed by atoms with E-state index < -0.39 is 0 Å². The molecule has 0 radical (unpaired) electrons. The maximum atomic E-state index is 7.87. The molecule has 23 heavy (non-hydrogen) atoms. The van der Waals surface area contributed by atoms with Gasteiger partial charge in [-0.2, -0.15) is 0 Å². The monoisotopic (exact) mass is 349 g/mol. The molecule has 0 fully saturated rings. The molecule has 0 atom stereocenters. The van der Waals surface area contributed by atoms with Crippen molar-refractivity contribution >= 4 is 47.4 Å². The Hall–Kier alpha value is -2.50. The first-order valence-corrected chi connectivity index (χ1v) is 6.48. The summed E-state index contributed by atoms with van der Waals surface area (Å²) in [5.41, 5.74) is 15.1. The molecule has 7 N–H and O–H groups in total. The molecule has 1 aromatic heterocycles. The van der Waals surface area contributed by atoms with Gasteiger partial charge >= 0.3 is 0 Å². The number of aromatic nitrogens is 1. The predicted molar refractivity (Wildman–Crippen MR) is 100 cm³/mol. The fraction of sp³-hybridized carbons (Fsp3) is 0. The summed E-state index contributed by atoms with van der Waals surface area (Å²) in [5, 5.41) is 16.5. The second-order valence-electron chi connectivity index (χ2n) is 4.79. The smallest absolute Gasteiger partial charge is 0.125 e. The van der Waals surface area contributed by atoms with Crippen molar-refractivity contribution in [3.8, 4) is 11.3 Å². The minimum atomic E-state index is -0.0150. The highest BCUT2D eigenvalue weighted by molar-refractivity contribution is 6.14. The van der Waals surface area contributed by atoms with Crippen LogP contribution in [0.15, 0.2) is 48.5 Å². The highest BCUT2D eigenvalue weighted by atomic mass is 35.5. The first-order valence-electron chi connectivity index (χ1n) is 6.48. The van der Waals surface area contributed by atoms with Crippen LogP contribution in [0.25, 0.3) is 22.2 Å². The molecule has 0 saturated carbocycles. The summed E-state index contributed by atoms with van der Waals surface area (Å²) < 4.78 is 0. The maximum Gasteiger partial charge on any atom is 0.125 e. The van der Waals surface area contributed by atoms with E-state index in [1.54, 1.807) is 6.07 Å². The summed E-state index contributed by atoms with van der Waals surface area (Å²) in [6.45, 7) is 0. The van der Waals surface area contributed by atoms with Gasteiger partial charge in [-0.05, 0) is 6.07 Å². The predicted octanol–water partition coefficient (Wildman–Crippen LogP) is 3.25. The molecule has 0 aliphatic rings. The molecule has 0 bridgehead atoms. The van der Waals surface area contributed by atoms with E-state index in [0.29, 0.717) is 11.1 Å². The summed E-state index contributed by atoms with van der Waals surface area (Å²) in [5.74, 6) is -0.0282. The van der Waals surface area contributed by atoms with Crippen LogP contribution in [0, 0.1) is 10.8 Å². The Bertz CT molecular complexity index is 870. The van der Waals surface area contributed by atoms with Crippen LogP contribution in [-0.4, -0.2) is 16.7 Å². The number of H-pyrrole nitrogens is 1. The molecule has 2 aromatic carbocycles. The van der Waals surface area contributed by atoms with Crippen molar-refractivity contribution in [2.75, 3.05) is 0 Å². The summed E-state index contributed by atoms with van der Waals surface area (Å²) in [4.78, 5) is 3.28. The van der Waals surface area contributed by atoms with Gasteiger partial charge in [0.05, 0.1) is 5.69 Å². The first-order chi connectivity index (χ1) is 10.1. The van der Waals surface area contributed by atoms with E-state index in [2.05, 4.69) is 4.98 Å². The average molecular weight is 350 g/mol. The number of fused-ring (bicyclic) bond motifs is 1. The third-order valence-electron chi connectivity index (χ3n) is 3.46. The first kappa shape index (κ1) is 18.5. The van der Waals surface area contributed by atoms with Crippen LogP contribution in [0.2, 0.25) is 0 Å². The van der Waals surface area contributed by atoms with E-state index in [9.17, 15) is 0 Å². The van der Waals surface area contributed by atoms with E-state index in [0.717, 1.165) is 22.2 Å². The molecule has 0 spiro atoms. The quantitative estimate of drug-likeness (QED) is 0.368. The van der Waals surface area contributed by atoms with Gasteiger partial charge in [-0.3, -0.25) is 10.8 Å². The van der Waals surface area contributed by atoms with Crippen LogP contribution in [0.4, 0.5) is 0 Å². The van der Waals surface area contributed by atoms with Gasteiger partial charge in [0, 0.05) is 27.6 Å². The topological polar surface area (TPSA) is 116 Å². The Balaban J connectivity index is 0.00000132. The summed E-state index contributed by atoms with van der Waals surface area (Å²) in [6, 6.07) is 15.0. The van der Waals surface area contributed by atoms with Crippen LogP contribution in [0.1, 0.15) is 11.1 Å². The van der Waals surface area contributed by atoms with E-state index in [-0.39, 0.29) is 36.5 Å². The molecule has 7 heteroatoms. The van der Waals surface area contributed by atoms with E-state index in [1.165, 1.54) is 0 Å². The van der Waals surface area contributed by atoms with Crippen molar-refractivity contribution in [1.29, 1.82) is 10.8 Å². The van der Waals surface area contributed by atoms with Gasteiger partial charge < -0.3 is 16.5 Å². The SMILES string of the molecule is Cl.Cl.N=C(N)c1ccccc1-c1[nH]c2ccccc2c1C(=N)N. The van der Waals surface area contributed by atoms with Crippen molar-refractivity contribution in [1.82, 2.24) is 4.98 Å². The zero-order chi connectivity index (χ0) is 15.0. The molecule has 1 heterocycles. The van der Waals surface area contributed by atoms with Crippen LogP contribution in [0.5, 0.6) is 0 Å². The lowest BCUT2D eigenvalue weighted by Crippen LogP contribution is -2.15. The lowest BCUT2D eigenvalue weighted by atomic mass is 9.99. The van der Waals surface area contributed by atoms with Crippen molar-refractivity contribution in [2.24, 2.45) is 11.5 Å². The van der Waals surface area contributed by atoms with Crippen LogP contribution in [0.3, 0.4) is 0 Å². The normalized spacial score (nSPS) is 9.74. The number of aromatic amines is 1. The number of rotatable bonds is 3. The Morgan fingerprint density at radius 2 is 1.43 bits per heavy atom. The van der Waals surface area contributed by atoms with E-state index in [1.807, 2.05) is 42.5 Å². The van der Waals surface area contributed by atoms with Crippen molar-refractivity contribution in [3.05, 3.63) is 59.7 Å². The summed E-state index contributed by atoms with van der Waals surface area (Å²) in [7, 11) is 0. The number of benzene rings is 2. The van der Waals surface area contributed by atoms with Crippen LogP contribution < -0.4 is 11.5 Å². The number of nitrogens with one attached hydrogen (secondary N) is 3. The molecule has 0 saturated heterocycles. The number of para-hydroxylation sites is 1. The zero-order valence-corrected chi connectivity index (χ0v) is 13.7. The molecule has 3 aromatic rings. The minimum Gasteiger partial charge on any atom is -0.384 e. The average Bonchev–Trinajstić information content (AvgIpc) is 2.86. The number of nitrogens with two attached hydrogens (primary N) is 2. The van der Waals surface area contributed by atoms with Gasteiger partial charge in [-0.15, -0.1) is 24.8 Å². The van der Waals surface area contributed by atoms with E-state index in [4.69, 9.17) is 22.3 Å². The molecular weight excluding hydrogens is 333 g/mol. The fourth-order valence-electron chi connectivity index (χ4n) is 2.56. The standard InChI is InChI=1S/C16H15N5.2ClH/c17-15(18)10-6-2-1-5-9(10)14-13(16(19)20)11-7-3-4-8-12(11)21-14;;/h1-8,21H,(H3,17,18)(H3,19,20);2*1H. The third kappa shape index (κ3) is 3.16. The molecule has 3 rings (SSSR count). The fourth-order valence-corrected chi connectivity index (χ4v) is 2.56. The summed E-state index contributed by atoms with van der Waals surface area (Å²) >= 11 is 0. The molecule has 0 amide bonds. The largest absolute Gasteiger partial charge is 0.384 e. The Kier molecular flexibility index (Phi) is 5.79. The van der Waals surface area contributed by atoms with Gasteiger partial charge in [0.1, 0.15) is 11.7 Å². The lowest BCUT2D eigenvalue weighted by Gasteiger charge is -2.08. The van der Waals surface area contributed by atoms with E-state index >= 15 is 0 Å². The number of hydrogen-bond donors (Lipinski definition) is 5. The number of halogens is 2. The third-order valence-corrected chi connectivity index (χ3v) is 3.46. The van der Waals surface area contributed by atoms with Gasteiger partial charge in [-0.25, -0.2) is 0 Å².